The molecule has 0 saturated carbocycles. The summed E-state index contributed by atoms with van der Waals surface area (Å²) >= 11 is 0. The van der Waals surface area contributed by atoms with Gasteiger partial charge in [0.05, 0.1) is 0 Å². The average molecular weight is 260 g/mol. The predicted octanol–water partition coefficient (Wildman–Crippen LogP) is 1.00. The van der Waals surface area contributed by atoms with Crippen molar-refractivity contribution in [3.05, 3.63) is 47.5 Å². The van der Waals surface area contributed by atoms with Gasteiger partial charge in [-0.3, -0.25) is 9.59 Å². The van der Waals surface area contributed by atoms with Crippen LogP contribution in [0.5, 0.6) is 0 Å². The van der Waals surface area contributed by atoms with Crippen LogP contribution in [0, 0.1) is 0 Å². The Hall–Kier alpha value is -2.14. The van der Waals surface area contributed by atoms with Gasteiger partial charge < -0.3 is 15.3 Å². The Morgan fingerprint density at radius 2 is 2.11 bits per heavy atom. The average Bonchev–Trinajstić information content (AvgIpc) is 2.84. The molecule has 19 heavy (non-hydrogen) atoms. The number of carbonyl (C=O) groups is 2. The van der Waals surface area contributed by atoms with Gasteiger partial charge in [-0.15, -0.1) is 6.58 Å². The monoisotopic (exact) mass is 260 g/mol. The lowest BCUT2D eigenvalue weighted by molar-refractivity contribution is -0.137. The molecule has 1 aliphatic heterocycles. The van der Waals surface area contributed by atoms with Gasteiger partial charge in [0.2, 0.25) is 0 Å². The third-order valence-electron chi connectivity index (χ3n) is 3.05. The molecule has 100 valence electrons. The topological polar surface area (TPSA) is 69.6 Å². The van der Waals surface area contributed by atoms with Crippen molar-refractivity contribution in [2.75, 3.05) is 13.1 Å². The van der Waals surface area contributed by atoms with Gasteiger partial charge in [-0.2, -0.15) is 0 Å². The van der Waals surface area contributed by atoms with E-state index in [9.17, 15) is 9.59 Å². The highest BCUT2D eigenvalue weighted by molar-refractivity contribution is 5.96. The molecule has 2 rings (SSSR count). The first-order chi connectivity index (χ1) is 9.11. The summed E-state index contributed by atoms with van der Waals surface area (Å²) in [5, 5.41) is 12.0. The zero-order valence-electron chi connectivity index (χ0n) is 10.6. The van der Waals surface area contributed by atoms with Gasteiger partial charge in [0.15, 0.2) is 0 Å². The summed E-state index contributed by atoms with van der Waals surface area (Å²) in [7, 11) is 0. The van der Waals surface area contributed by atoms with Crippen LogP contribution in [0.4, 0.5) is 0 Å². The Bertz CT molecular complexity index is 525. The van der Waals surface area contributed by atoms with Gasteiger partial charge in [-0.25, -0.2) is 0 Å². The number of nitrogens with one attached hydrogen (secondary N) is 1. The van der Waals surface area contributed by atoms with Crippen molar-refractivity contribution >= 4 is 11.9 Å². The highest BCUT2D eigenvalue weighted by Crippen LogP contribution is 2.18. The molecule has 1 amide bonds. The first kappa shape index (κ1) is 13.3. The number of rotatable bonds is 5. The maximum absolute atomic E-state index is 12.3. The van der Waals surface area contributed by atoms with E-state index < -0.39 is 5.97 Å². The number of carbonyl (C=O) groups excluding carboxylic acids is 1. The number of amides is 1. The lowest BCUT2D eigenvalue weighted by atomic mass is 10.1. The summed E-state index contributed by atoms with van der Waals surface area (Å²) in [4.78, 5) is 24.3. The molecule has 1 aromatic carbocycles. The molecule has 0 atom stereocenters. The van der Waals surface area contributed by atoms with Gasteiger partial charge in [0, 0.05) is 25.2 Å². The van der Waals surface area contributed by atoms with Crippen LogP contribution in [0.3, 0.4) is 0 Å². The molecule has 1 heterocycles. The number of benzene rings is 1. The molecular weight excluding hydrogens is 244 g/mol. The molecule has 2 N–H and O–H groups in total. The Morgan fingerprint density at radius 3 is 2.79 bits per heavy atom. The molecule has 1 aromatic rings. The van der Waals surface area contributed by atoms with E-state index >= 15 is 0 Å². The van der Waals surface area contributed by atoms with Crippen molar-refractivity contribution in [3.8, 4) is 0 Å². The third-order valence-corrected chi connectivity index (χ3v) is 3.05. The smallest absolute Gasteiger partial charge is 0.323 e. The molecule has 5 heteroatoms. The molecular formula is C14H16N2O3. The molecule has 0 spiro atoms. The van der Waals surface area contributed by atoms with E-state index in [0.717, 1.165) is 18.7 Å². The lowest BCUT2D eigenvalue weighted by Gasteiger charge is -2.19. The van der Waals surface area contributed by atoms with Crippen LogP contribution < -0.4 is 5.32 Å². The third kappa shape index (κ3) is 3.00. The van der Waals surface area contributed by atoms with Gasteiger partial charge >= 0.3 is 5.97 Å². The first-order valence-electron chi connectivity index (χ1n) is 6.06. The highest BCUT2D eigenvalue weighted by Gasteiger charge is 2.19. The Morgan fingerprint density at radius 1 is 1.37 bits per heavy atom. The van der Waals surface area contributed by atoms with Gasteiger partial charge in [-0.05, 0) is 23.3 Å². The maximum atomic E-state index is 12.3. The van der Waals surface area contributed by atoms with E-state index in [1.54, 1.807) is 6.07 Å². The van der Waals surface area contributed by atoms with Crippen molar-refractivity contribution in [2.45, 2.75) is 13.1 Å². The van der Waals surface area contributed by atoms with Crippen LogP contribution in [-0.2, 0) is 17.9 Å². The number of hydrogen-bond donors (Lipinski definition) is 2. The van der Waals surface area contributed by atoms with Crippen molar-refractivity contribution in [2.24, 2.45) is 0 Å². The number of carboxylic acids is 1. The van der Waals surface area contributed by atoms with Gasteiger partial charge in [0.1, 0.15) is 6.54 Å². The van der Waals surface area contributed by atoms with E-state index in [4.69, 9.17) is 5.11 Å². The predicted molar refractivity (Wildman–Crippen MR) is 70.7 cm³/mol. The minimum atomic E-state index is -1.03. The second-order valence-corrected chi connectivity index (χ2v) is 4.46. The number of hydrogen-bond acceptors (Lipinski definition) is 3. The number of aliphatic carboxylic acids is 1. The Labute approximate surface area is 111 Å². The van der Waals surface area contributed by atoms with E-state index in [-0.39, 0.29) is 19.0 Å². The fourth-order valence-electron chi connectivity index (χ4n) is 2.15. The van der Waals surface area contributed by atoms with E-state index in [1.165, 1.54) is 16.5 Å². The van der Waals surface area contributed by atoms with Crippen molar-refractivity contribution < 1.29 is 14.7 Å². The normalized spacial score (nSPS) is 12.8. The minimum absolute atomic E-state index is 0.223. The Balaban J connectivity index is 2.21. The van der Waals surface area contributed by atoms with Crippen LogP contribution in [0.15, 0.2) is 30.9 Å². The number of carboxylic acid groups (broad SMARTS) is 1. The van der Waals surface area contributed by atoms with Crippen molar-refractivity contribution in [1.82, 2.24) is 10.2 Å². The summed E-state index contributed by atoms with van der Waals surface area (Å²) in [6.07, 6.45) is 1.52. The summed E-state index contributed by atoms with van der Waals surface area (Å²) < 4.78 is 0. The van der Waals surface area contributed by atoms with Crippen LogP contribution >= 0.6 is 0 Å². The second kappa shape index (κ2) is 5.67. The standard InChI is InChI=1S/C14H16N2O3/c1-2-5-16(9-13(17)18)14(19)10-3-4-11-7-15-8-12(11)6-10/h2-4,6,15H,1,5,7-9H2,(H,17,18). The molecule has 0 bridgehead atoms. The molecule has 5 nitrogen and oxygen atoms in total. The molecule has 0 saturated heterocycles. The largest absolute Gasteiger partial charge is 0.480 e. The van der Waals surface area contributed by atoms with Crippen LogP contribution in [-0.4, -0.2) is 35.0 Å². The molecule has 0 radical (unpaired) electrons. The molecule has 0 fully saturated rings. The van der Waals surface area contributed by atoms with E-state index in [0.29, 0.717) is 5.56 Å². The summed E-state index contributed by atoms with van der Waals surface area (Å²) in [5.74, 6) is -1.31. The quantitative estimate of drug-likeness (QED) is 0.775. The summed E-state index contributed by atoms with van der Waals surface area (Å²) in [5.41, 5.74) is 2.80. The second-order valence-electron chi connectivity index (χ2n) is 4.46. The van der Waals surface area contributed by atoms with Crippen LogP contribution in [0.1, 0.15) is 21.5 Å². The molecule has 0 aromatic heterocycles. The van der Waals surface area contributed by atoms with Gasteiger partial charge in [-0.1, -0.05) is 12.1 Å². The maximum Gasteiger partial charge on any atom is 0.323 e. The highest BCUT2D eigenvalue weighted by atomic mass is 16.4. The zero-order valence-corrected chi connectivity index (χ0v) is 10.6. The molecule has 0 aliphatic carbocycles. The van der Waals surface area contributed by atoms with Crippen molar-refractivity contribution in [3.63, 3.8) is 0 Å². The first-order valence-corrected chi connectivity index (χ1v) is 6.06. The zero-order chi connectivity index (χ0) is 13.8. The number of nitrogens with zero attached hydrogens (tertiary/aromatic N) is 1. The van der Waals surface area contributed by atoms with Crippen molar-refractivity contribution in [1.29, 1.82) is 0 Å². The number of fused-ring (bicyclic) bond motifs is 1. The minimum Gasteiger partial charge on any atom is -0.480 e. The molecule has 0 unspecified atom stereocenters. The summed E-state index contributed by atoms with van der Waals surface area (Å²) in [6.45, 7) is 5.01. The van der Waals surface area contributed by atoms with Crippen LogP contribution in [0.25, 0.3) is 0 Å². The van der Waals surface area contributed by atoms with E-state index in [2.05, 4.69) is 11.9 Å². The fraction of sp³-hybridized carbons (Fsp3) is 0.286. The van der Waals surface area contributed by atoms with Crippen LogP contribution in [0.2, 0.25) is 0 Å². The SMILES string of the molecule is C=CCN(CC(=O)O)C(=O)c1ccc2c(c1)CNC2. The Kier molecular flexibility index (Phi) is 3.97. The van der Waals surface area contributed by atoms with E-state index in [1.807, 2.05) is 12.1 Å². The van der Waals surface area contributed by atoms with Gasteiger partial charge in [0.25, 0.3) is 5.91 Å². The fourth-order valence-corrected chi connectivity index (χ4v) is 2.15. The summed E-state index contributed by atoms with van der Waals surface area (Å²) in [6, 6.07) is 5.48. The molecule has 1 aliphatic rings. The lowest BCUT2D eigenvalue weighted by Crippen LogP contribution is -2.35.